The van der Waals surface area contributed by atoms with E-state index in [1.165, 1.54) is 12.8 Å². The second kappa shape index (κ2) is 7.22. The van der Waals surface area contributed by atoms with E-state index in [0.29, 0.717) is 18.4 Å². The predicted molar refractivity (Wildman–Crippen MR) is 119 cm³/mol. The van der Waals surface area contributed by atoms with Gasteiger partial charge in [-0.15, -0.1) is 0 Å². The maximum atomic E-state index is 10.3. The molecule has 4 aromatic rings. The average molecular weight is 404 g/mol. The zero-order chi connectivity index (χ0) is 20.9. The molecule has 5 rings (SSSR count). The van der Waals surface area contributed by atoms with E-state index in [1.54, 1.807) is 13.8 Å². The lowest BCUT2D eigenvalue weighted by Gasteiger charge is -2.29. The molecule has 6 nitrogen and oxygen atoms in total. The fraction of sp³-hybridized carbons (Fsp3) is 0.417. The molecule has 30 heavy (non-hydrogen) atoms. The second-order valence-corrected chi connectivity index (χ2v) is 9.03. The Morgan fingerprint density at radius 3 is 2.63 bits per heavy atom. The minimum atomic E-state index is -0.866. The molecule has 2 atom stereocenters. The van der Waals surface area contributed by atoms with Crippen LogP contribution in [-0.4, -0.2) is 31.0 Å². The largest absolute Gasteiger partial charge is 0.386 e. The van der Waals surface area contributed by atoms with Crippen LogP contribution in [0.4, 0.5) is 0 Å². The maximum absolute atomic E-state index is 10.3. The lowest BCUT2D eigenvalue weighted by molar-refractivity contribution is 0.0786. The highest BCUT2D eigenvalue weighted by Crippen LogP contribution is 2.40. The van der Waals surface area contributed by atoms with E-state index in [2.05, 4.69) is 20.4 Å². The number of hydrogen-bond acceptors (Lipinski definition) is 4. The summed E-state index contributed by atoms with van der Waals surface area (Å²) in [4.78, 5) is 13.1. The molecule has 1 fully saturated rings. The summed E-state index contributed by atoms with van der Waals surface area (Å²) in [5, 5.41) is 10.3. The van der Waals surface area contributed by atoms with E-state index >= 15 is 0 Å². The van der Waals surface area contributed by atoms with E-state index in [0.717, 1.165) is 52.2 Å². The molecule has 1 aromatic carbocycles. The van der Waals surface area contributed by atoms with Crippen molar-refractivity contribution in [2.45, 2.75) is 51.0 Å². The molecule has 3 aromatic heterocycles. The van der Waals surface area contributed by atoms with Gasteiger partial charge in [0, 0.05) is 17.7 Å². The fourth-order valence-corrected chi connectivity index (χ4v) is 4.91. The molecule has 0 saturated heterocycles. The maximum Gasteiger partial charge on any atom is 0.154 e. The summed E-state index contributed by atoms with van der Waals surface area (Å²) in [7, 11) is 0. The Labute approximate surface area is 176 Å². The van der Waals surface area contributed by atoms with Gasteiger partial charge in [-0.2, -0.15) is 0 Å². The number of rotatable bonds is 4. The van der Waals surface area contributed by atoms with E-state index in [4.69, 9.17) is 10.7 Å². The molecular weight excluding hydrogens is 374 g/mol. The van der Waals surface area contributed by atoms with Gasteiger partial charge in [-0.3, -0.25) is 4.40 Å². The number of H-pyrrole nitrogens is 1. The van der Waals surface area contributed by atoms with Crippen molar-refractivity contribution in [1.82, 2.24) is 19.4 Å². The van der Waals surface area contributed by atoms with E-state index in [-0.39, 0.29) is 0 Å². The number of nitrogens with one attached hydrogen (secondary N) is 1. The Bertz CT molecular complexity index is 1180. The van der Waals surface area contributed by atoms with Crippen molar-refractivity contribution in [2.24, 2.45) is 11.7 Å². The number of benzene rings is 1. The lowest BCUT2D eigenvalue weighted by Crippen LogP contribution is -2.26. The van der Waals surface area contributed by atoms with Gasteiger partial charge in [-0.05, 0) is 50.8 Å². The van der Waals surface area contributed by atoms with Gasteiger partial charge in [-0.25, -0.2) is 9.97 Å². The molecule has 0 amide bonds. The van der Waals surface area contributed by atoms with Crippen molar-refractivity contribution in [3.05, 3.63) is 54.1 Å². The molecule has 0 radical (unpaired) electrons. The summed E-state index contributed by atoms with van der Waals surface area (Å²) in [5.74, 6) is 1.90. The summed E-state index contributed by atoms with van der Waals surface area (Å²) in [5.41, 5.74) is 11.1. The van der Waals surface area contributed by atoms with Gasteiger partial charge in [0.1, 0.15) is 5.82 Å². The topological polar surface area (TPSA) is 92.2 Å². The fourth-order valence-electron chi connectivity index (χ4n) is 4.91. The van der Waals surface area contributed by atoms with Crippen LogP contribution in [0.2, 0.25) is 0 Å². The highest BCUT2D eigenvalue weighted by Gasteiger charge is 2.31. The normalized spacial score (nSPS) is 20.3. The molecule has 1 aliphatic carbocycles. The predicted octanol–water partition coefficient (Wildman–Crippen LogP) is 4.34. The summed E-state index contributed by atoms with van der Waals surface area (Å²) >= 11 is 0. The highest BCUT2D eigenvalue weighted by atomic mass is 16.3. The third-order valence-corrected chi connectivity index (χ3v) is 6.61. The van der Waals surface area contributed by atoms with Crippen molar-refractivity contribution in [1.29, 1.82) is 0 Å². The first kappa shape index (κ1) is 19.3. The first-order valence-electron chi connectivity index (χ1n) is 10.8. The highest BCUT2D eigenvalue weighted by molar-refractivity contribution is 5.84. The van der Waals surface area contributed by atoms with Crippen LogP contribution in [0.5, 0.6) is 0 Å². The van der Waals surface area contributed by atoms with Crippen LogP contribution in [-0.2, 0) is 5.60 Å². The number of aliphatic hydroxyl groups is 1. The average Bonchev–Trinajstić information content (AvgIpc) is 3.37. The molecule has 3 heterocycles. The van der Waals surface area contributed by atoms with Crippen LogP contribution >= 0.6 is 0 Å². The summed E-state index contributed by atoms with van der Waals surface area (Å²) in [6.07, 6.45) is 8.58. The lowest BCUT2D eigenvalue weighted by atomic mass is 9.79. The quantitative estimate of drug-likeness (QED) is 0.473. The van der Waals surface area contributed by atoms with Crippen LogP contribution in [0.3, 0.4) is 0 Å². The molecule has 6 heteroatoms. The van der Waals surface area contributed by atoms with Crippen molar-refractivity contribution < 1.29 is 5.11 Å². The number of nitrogens with zero attached hydrogens (tertiary/aromatic N) is 3. The number of imidazole rings is 1. The minimum absolute atomic E-state index is 0.348. The van der Waals surface area contributed by atoms with Gasteiger partial charge in [0.15, 0.2) is 5.65 Å². The molecule has 0 spiro atoms. The van der Waals surface area contributed by atoms with Gasteiger partial charge in [-0.1, -0.05) is 37.1 Å². The van der Waals surface area contributed by atoms with E-state index in [1.807, 2.05) is 36.7 Å². The van der Waals surface area contributed by atoms with E-state index < -0.39 is 5.60 Å². The van der Waals surface area contributed by atoms with Gasteiger partial charge >= 0.3 is 0 Å². The molecular formula is C24H29N5O. The van der Waals surface area contributed by atoms with Crippen LogP contribution in [0, 0.1) is 5.92 Å². The van der Waals surface area contributed by atoms with Crippen molar-refractivity contribution in [3.8, 4) is 11.3 Å². The monoisotopic (exact) mass is 403 g/mol. The molecule has 1 aliphatic rings. The Morgan fingerprint density at radius 2 is 1.90 bits per heavy atom. The van der Waals surface area contributed by atoms with Gasteiger partial charge < -0.3 is 15.8 Å². The Morgan fingerprint density at radius 1 is 1.13 bits per heavy atom. The molecule has 156 valence electrons. The van der Waals surface area contributed by atoms with E-state index in [9.17, 15) is 5.11 Å². The summed E-state index contributed by atoms with van der Waals surface area (Å²) in [6.45, 7) is 4.29. The van der Waals surface area contributed by atoms with Crippen LogP contribution in [0.15, 0.2) is 42.7 Å². The van der Waals surface area contributed by atoms with Crippen molar-refractivity contribution in [2.75, 3.05) is 6.54 Å². The molecule has 1 saturated carbocycles. The standard InChI is InChI=1S/C24H29N5O/c1-24(2,30)17-9-7-15(8-10-17)21-20-14-27-22-19(11-12-26-22)29(20)23(28-21)18-6-4-3-5-16(18)13-25/h7-12,14,16,18,26,30H,3-6,13,25H2,1-2H3/t16-,18?/m0/s1. The molecule has 1 unspecified atom stereocenters. The third-order valence-electron chi connectivity index (χ3n) is 6.61. The number of aromatic nitrogens is 4. The van der Waals surface area contributed by atoms with Gasteiger partial charge in [0.2, 0.25) is 0 Å². The summed E-state index contributed by atoms with van der Waals surface area (Å²) < 4.78 is 2.27. The molecule has 0 bridgehead atoms. The molecule has 0 aliphatic heterocycles. The van der Waals surface area contributed by atoms with Gasteiger partial charge in [0.05, 0.1) is 28.5 Å². The number of hydrogen-bond donors (Lipinski definition) is 3. The van der Waals surface area contributed by atoms with Crippen LogP contribution < -0.4 is 5.73 Å². The number of nitrogens with two attached hydrogens (primary N) is 1. The van der Waals surface area contributed by atoms with Crippen LogP contribution in [0.25, 0.3) is 27.9 Å². The van der Waals surface area contributed by atoms with Crippen molar-refractivity contribution in [3.63, 3.8) is 0 Å². The number of fused-ring (bicyclic) bond motifs is 3. The Kier molecular flexibility index (Phi) is 4.64. The second-order valence-electron chi connectivity index (χ2n) is 9.03. The smallest absolute Gasteiger partial charge is 0.154 e. The SMILES string of the molecule is CC(C)(O)c1ccc(-c2nc(C3CCCC[C@H]3CN)n3c2cnc2[nH]ccc23)cc1. The Hall–Kier alpha value is -2.70. The van der Waals surface area contributed by atoms with Gasteiger partial charge in [0.25, 0.3) is 0 Å². The third kappa shape index (κ3) is 3.11. The zero-order valence-corrected chi connectivity index (χ0v) is 17.6. The Balaban J connectivity index is 1.72. The molecule has 4 N–H and O–H groups in total. The first-order valence-corrected chi connectivity index (χ1v) is 10.8. The first-order chi connectivity index (χ1) is 14.5. The minimum Gasteiger partial charge on any atom is -0.386 e. The van der Waals surface area contributed by atoms with Crippen molar-refractivity contribution >= 4 is 16.7 Å². The zero-order valence-electron chi connectivity index (χ0n) is 17.6. The summed E-state index contributed by atoms with van der Waals surface area (Å²) in [6, 6.07) is 10.1. The number of aromatic amines is 1. The van der Waals surface area contributed by atoms with Crippen LogP contribution in [0.1, 0.15) is 56.8 Å².